The quantitative estimate of drug-likeness (QED) is 0.910. The van der Waals surface area contributed by atoms with Gasteiger partial charge in [0.2, 0.25) is 0 Å². The van der Waals surface area contributed by atoms with Gasteiger partial charge in [-0.1, -0.05) is 29.8 Å². The Kier molecular flexibility index (Phi) is 3.14. The van der Waals surface area contributed by atoms with E-state index >= 15 is 0 Å². The van der Waals surface area contributed by atoms with Crippen molar-refractivity contribution in [3.8, 4) is 0 Å². The lowest BCUT2D eigenvalue weighted by Crippen LogP contribution is -2.36. The maximum Gasteiger partial charge on any atom is 0.196 e. The molecule has 1 aliphatic heterocycles. The van der Waals surface area contributed by atoms with Gasteiger partial charge in [0.05, 0.1) is 12.6 Å². The number of hydrogen-bond donors (Lipinski definition) is 1. The number of guanidine groups is 1. The Morgan fingerprint density at radius 3 is 2.40 bits per heavy atom. The van der Waals surface area contributed by atoms with Crippen molar-refractivity contribution in [1.82, 2.24) is 0 Å². The van der Waals surface area contributed by atoms with Crippen LogP contribution in [0, 0.1) is 12.7 Å². The van der Waals surface area contributed by atoms with Crippen molar-refractivity contribution < 1.29 is 4.39 Å². The summed E-state index contributed by atoms with van der Waals surface area (Å²) in [4.78, 5) is 6.27. The van der Waals surface area contributed by atoms with Crippen molar-refractivity contribution in [3.63, 3.8) is 0 Å². The van der Waals surface area contributed by atoms with E-state index in [1.54, 1.807) is 12.1 Å². The van der Waals surface area contributed by atoms with Gasteiger partial charge in [0.25, 0.3) is 0 Å². The monoisotopic (exact) mass is 269 g/mol. The van der Waals surface area contributed by atoms with Crippen LogP contribution in [0.5, 0.6) is 0 Å². The lowest BCUT2D eigenvalue weighted by molar-refractivity contribution is 0.627. The van der Waals surface area contributed by atoms with E-state index in [4.69, 9.17) is 5.73 Å². The highest BCUT2D eigenvalue weighted by atomic mass is 19.1. The molecule has 20 heavy (non-hydrogen) atoms. The fraction of sp³-hybridized carbons (Fsp3) is 0.188. The highest BCUT2D eigenvalue weighted by Crippen LogP contribution is 2.31. The van der Waals surface area contributed by atoms with Crippen molar-refractivity contribution in [2.24, 2.45) is 10.7 Å². The first-order chi connectivity index (χ1) is 9.65. The summed E-state index contributed by atoms with van der Waals surface area (Å²) in [6, 6.07) is 14.7. The summed E-state index contributed by atoms with van der Waals surface area (Å²) < 4.78 is 13.1. The molecule has 0 saturated heterocycles. The zero-order chi connectivity index (χ0) is 14.1. The van der Waals surface area contributed by atoms with Gasteiger partial charge in [0.15, 0.2) is 5.96 Å². The molecule has 1 heterocycles. The zero-order valence-corrected chi connectivity index (χ0v) is 11.3. The number of aryl methyl sites for hydroxylation is 1. The van der Waals surface area contributed by atoms with Crippen LogP contribution in [0.3, 0.4) is 0 Å². The molecule has 0 saturated carbocycles. The molecule has 2 aromatic carbocycles. The minimum Gasteiger partial charge on any atom is -0.369 e. The Morgan fingerprint density at radius 2 is 1.75 bits per heavy atom. The lowest BCUT2D eigenvalue weighted by Gasteiger charge is -2.26. The van der Waals surface area contributed by atoms with Gasteiger partial charge >= 0.3 is 0 Å². The Morgan fingerprint density at radius 1 is 1.10 bits per heavy atom. The molecule has 3 nitrogen and oxygen atoms in total. The Labute approximate surface area is 117 Å². The van der Waals surface area contributed by atoms with E-state index in [1.807, 2.05) is 4.90 Å². The molecular formula is C16H16FN3. The number of nitrogens with two attached hydrogens (primary N) is 1. The molecule has 1 unspecified atom stereocenters. The summed E-state index contributed by atoms with van der Waals surface area (Å²) >= 11 is 0. The second-order valence-electron chi connectivity index (χ2n) is 4.97. The maximum atomic E-state index is 13.1. The van der Waals surface area contributed by atoms with E-state index in [-0.39, 0.29) is 11.9 Å². The first kappa shape index (κ1) is 12.7. The van der Waals surface area contributed by atoms with E-state index in [2.05, 4.69) is 36.2 Å². The minimum atomic E-state index is -0.254. The Hall–Kier alpha value is -2.36. The van der Waals surface area contributed by atoms with Crippen LogP contribution in [0.2, 0.25) is 0 Å². The third-order valence-corrected chi connectivity index (χ3v) is 3.55. The number of nitrogens with zero attached hydrogens (tertiary/aromatic N) is 2. The molecule has 0 bridgehead atoms. The van der Waals surface area contributed by atoms with Crippen LogP contribution in [0.15, 0.2) is 53.5 Å². The van der Waals surface area contributed by atoms with E-state index in [0.717, 1.165) is 11.3 Å². The zero-order valence-electron chi connectivity index (χ0n) is 11.3. The largest absolute Gasteiger partial charge is 0.369 e. The normalized spacial score (nSPS) is 18.2. The average molecular weight is 269 g/mol. The fourth-order valence-electron chi connectivity index (χ4n) is 2.45. The van der Waals surface area contributed by atoms with Crippen LogP contribution in [0.25, 0.3) is 0 Å². The maximum absolute atomic E-state index is 13.1. The average Bonchev–Trinajstić information content (AvgIpc) is 2.83. The second-order valence-corrected chi connectivity index (χ2v) is 4.97. The second kappa shape index (κ2) is 4.96. The number of benzene rings is 2. The smallest absolute Gasteiger partial charge is 0.196 e. The van der Waals surface area contributed by atoms with Gasteiger partial charge in [-0.25, -0.2) is 4.39 Å². The molecule has 0 spiro atoms. The van der Waals surface area contributed by atoms with E-state index in [1.165, 1.54) is 17.7 Å². The molecule has 3 rings (SSSR count). The van der Waals surface area contributed by atoms with Crippen LogP contribution >= 0.6 is 0 Å². The van der Waals surface area contributed by atoms with E-state index < -0.39 is 0 Å². The summed E-state index contributed by atoms with van der Waals surface area (Å²) in [5.41, 5.74) is 9.22. The Bertz CT molecular complexity index is 632. The van der Waals surface area contributed by atoms with Crippen LogP contribution in [-0.2, 0) is 0 Å². The molecular weight excluding hydrogens is 253 g/mol. The van der Waals surface area contributed by atoms with Crippen LogP contribution in [0.4, 0.5) is 10.1 Å². The topological polar surface area (TPSA) is 41.6 Å². The standard InChI is InChI=1S/C16H16FN3/c1-11-2-4-12(5-3-11)15-10-19-16(18)20(15)14-8-6-13(17)7-9-14/h2-9,15H,10H2,1H3,(H2,18,19). The summed E-state index contributed by atoms with van der Waals surface area (Å²) in [7, 11) is 0. The van der Waals surface area contributed by atoms with Crippen molar-refractivity contribution in [3.05, 3.63) is 65.5 Å². The van der Waals surface area contributed by atoms with Crippen molar-refractivity contribution in [1.29, 1.82) is 0 Å². The highest BCUT2D eigenvalue weighted by Gasteiger charge is 2.28. The van der Waals surface area contributed by atoms with Crippen molar-refractivity contribution >= 4 is 11.6 Å². The summed E-state index contributed by atoms with van der Waals surface area (Å²) in [6.45, 7) is 2.67. The number of halogens is 1. The third-order valence-electron chi connectivity index (χ3n) is 3.55. The summed E-state index contributed by atoms with van der Waals surface area (Å²) in [5.74, 6) is 0.220. The van der Waals surface area contributed by atoms with Gasteiger partial charge in [-0.15, -0.1) is 0 Å². The van der Waals surface area contributed by atoms with E-state index in [9.17, 15) is 4.39 Å². The first-order valence-electron chi connectivity index (χ1n) is 6.56. The van der Waals surface area contributed by atoms with Gasteiger partial charge in [-0.2, -0.15) is 0 Å². The number of aliphatic imine (C=N–C) groups is 1. The van der Waals surface area contributed by atoms with Gasteiger partial charge < -0.3 is 10.6 Å². The van der Waals surface area contributed by atoms with Crippen LogP contribution in [-0.4, -0.2) is 12.5 Å². The molecule has 1 atom stereocenters. The molecule has 2 N–H and O–H groups in total. The number of hydrogen-bond acceptors (Lipinski definition) is 3. The van der Waals surface area contributed by atoms with Gasteiger partial charge in [-0.3, -0.25) is 4.99 Å². The molecule has 4 heteroatoms. The summed E-state index contributed by atoms with van der Waals surface area (Å²) in [6.07, 6.45) is 0. The molecule has 0 aliphatic carbocycles. The lowest BCUT2D eigenvalue weighted by atomic mass is 10.0. The van der Waals surface area contributed by atoms with Crippen molar-refractivity contribution in [2.45, 2.75) is 13.0 Å². The van der Waals surface area contributed by atoms with Gasteiger partial charge in [-0.05, 0) is 36.8 Å². The van der Waals surface area contributed by atoms with Crippen LogP contribution in [0.1, 0.15) is 17.2 Å². The van der Waals surface area contributed by atoms with Gasteiger partial charge in [0, 0.05) is 5.69 Å². The molecule has 2 aromatic rings. The predicted octanol–water partition coefficient (Wildman–Crippen LogP) is 3.01. The Balaban J connectivity index is 1.96. The molecule has 102 valence electrons. The highest BCUT2D eigenvalue weighted by molar-refractivity contribution is 5.97. The molecule has 0 radical (unpaired) electrons. The molecule has 0 fully saturated rings. The van der Waals surface area contributed by atoms with Crippen LogP contribution < -0.4 is 10.6 Å². The summed E-state index contributed by atoms with van der Waals surface area (Å²) in [5, 5.41) is 0. The fourth-order valence-corrected chi connectivity index (χ4v) is 2.45. The minimum absolute atomic E-state index is 0.0704. The molecule has 1 aliphatic rings. The first-order valence-corrected chi connectivity index (χ1v) is 6.56. The number of anilines is 1. The van der Waals surface area contributed by atoms with E-state index in [0.29, 0.717) is 12.5 Å². The molecule has 0 aromatic heterocycles. The third kappa shape index (κ3) is 2.25. The van der Waals surface area contributed by atoms with Crippen molar-refractivity contribution in [2.75, 3.05) is 11.4 Å². The molecule has 0 amide bonds. The number of rotatable bonds is 2. The predicted molar refractivity (Wildman–Crippen MR) is 79.3 cm³/mol. The SMILES string of the molecule is Cc1ccc(C2CN=C(N)N2c2ccc(F)cc2)cc1. The van der Waals surface area contributed by atoms with Gasteiger partial charge in [0.1, 0.15) is 5.82 Å².